The van der Waals surface area contributed by atoms with Gasteiger partial charge in [0.15, 0.2) is 0 Å². The Hall–Kier alpha value is -1.26. The molecule has 104 valence electrons. The second-order valence-electron chi connectivity index (χ2n) is 5.19. The summed E-state index contributed by atoms with van der Waals surface area (Å²) in [6, 6.07) is 7.11. The number of hydrogen-bond acceptors (Lipinski definition) is 3. The first kappa shape index (κ1) is 14.2. The monoisotopic (exact) mass is 283 g/mol. The second-order valence-corrected chi connectivity index (χ2v) is 5.62. The number of anilines is 1. The van der Waals surface area contributed by atoms with Crippen LogP contribution in [0.2, 0.25) is 5.02 Å². The molecule has 0 spiro atoms. The quantitative estimate of drug-likeness (QED) is 0.895. The van der Waals surface area contributed by atoms with Gasteiger partial charge in [0.25, 0.3) is 0 Å². The van der Waals surface area contributed by atoms with Crippen LogP contribution in [0.15, 0.2) is 24.3 Å². The summed E-state index contributed by atoms with van der Waals surface area (Å²) in [5.74, 6) is -0.852. The minimum absolute atomic E-state index is 0.0912. The largest absolute Gasteiger partial charge is 0.480 e. The second kappa shape index (κ2) is 5.39. The third-order valence-electron chi connectivity index (χ3n) is 3.35. The average Bonchev–Trinajstić information content (AvgIpc) is 2.27. The van der Waals surface area contributed by atoms with Crippen molar-refractivity contribution in [3.05, 3.63) is 29.3 Å². The number of aliphatic carboxylic acids is 1. The van der Waals surface area contributed by atoms with Crippen molar-refractivity contribution >= 4 is 23.3 Å². The molecule has 1 aromatic rings. The molecule has 19 heavy (non-hydrogen) atoms. The fraction of sp³-hybridized carbons (Fsp3) is 0.500. The number of rotatable bonds is 3. The first-order valence-corrected chi connectivity index (χ1v) is 6.72. The van der Waals surface area contributed by atoms with E-state index in [-0.39, 0.29) is 12.2 Å². The van der Waals surface area contributed by atoms with Gasteiger partial charge in [0, 0.05) is 23.6 Å². The Balaban J connectivity index is 2.27. The fourth-order valence-corrected chi connectivity index (χ4v) is 2.92. The zero-order valence-electron chi connectivity index (χ0n) is 11.0. The maximum absolute atomic E-state index is 11.7. The lowest BCUT2D eigenvalue weighted by atomic mass is 9.84. The molecule has 0 aliphatic carbocycles. The molecule has 0 saturated carbocycles. The minimum atomic E-state index is -0.998. The molecule has 1 aliphatic heterocycles. The standard InChI is InChI=1S/C14H18ClNO3/c1-9-7-14(13(17)18,8-10(2)19-9)16-12-5-3-4-11(15)6-12/h3-6,9-10,16H,7-8H2,1-2H3,(H,17,18). The minimum Gasteiger partial charge on any atom is -0.480 e. The molecule has 2 rings (SSSR count). The van der Waals surface area contributed by atoms with Crippen LogP contribution in [0.3, 0.4) is 0 Å². The van der Waals surface area contributed by atoms with Gasteiger partial charge in [-0.15, -0.1) is 0 Å². The Morgan fingerprint density at radius 1 is 1.42 bits per heavy atom. The number of benzene rings is 1. The van der Waals surface area contributed by atoms with Crippen LogP contribution in [0.5, 0.6) is 0 Å². The summed E-state index contributed by atoms with van der Waals surface area (Å²) in [6.07, 6.45) is 0.677. The van der Waals surface area contributed by atoms with Crippen molar-refractivity contribution in [2.45, 2.75) is 44.4 Å². The van der Waals surface area contributed by atoms with Gasteiger partial charge in [-0.1, -0.05) is 17.7 Å². The molecule has 4 nitrogen and oxygen atoms in total. The predicted molar refractivity (Wildman–Crippen MR) is 74.7 cm³/mol. The van der Waals surface area contributed by atoms with Crippen LogP contribution >= 0.6 is 11.6 Å². The molecule has 1 aromatic carbocycles. The van der Waals surface area contributed by atoms with Crippen LogP contribution in [-0.4, -0.2) is 28.8 Å². The van der Waals surface area contributed by atoms with Crippen molar-refractivity contribution in [1.82, 2.24) is 0 Å². The van der Waals surface area contributed by atoms with Crippen molar-refractivity contribution in [1.29, 1.82) is 0 Å². The summed E-state index contributed by atoms with van der Waals surface area (Å²) in [6.45, 7) is 3.79. The molecule has 5 heteroatoms. The molecule has 1 heterocycles. The lowest BCUT2D eigenvalue weighted by molar-refractivity contribution is -0.151. The van der Waals surface area contributed by atoms with E-state index in [1.807, 2.05) is 19.9 Å². The summed E-state index contributed by atoms with van der Waals surface area (Å²) in [5.41, 5.74) is -0.280. The summed E-state index contributed by atoms with van der Waals surface area (Å²) >= 11 is 5.93. The van der Waals surface area contributed by atoms with Crippen LogP contribution < -0.4 is 5.32 Å². The molecule has 2 atom stereocenters. The Labute approximate surface area is 117 Å². The lowest BCUT2D eigenvalue weighted by Crippen LogP contribution is -2.54. The highest BCUT2D eigenvalue weighted by molar-refractivity contribution is 6.30. The summed E-state index contributed by atoms with van der Waals surface area (Å²) < 4.78 is 5.62. The molecule has 2 N–H and O–H groups in total. The van der Waals surface area contributed by atoms with Crippen LogP contribution in [-0.2, 0) is 9.53 Å². The van der Waals surface area contributed by atoms with Gasteiger partial charge in [-0.05, 0) is 32.0 Å². The van der Waals surface area contributed by atoms with E-state index in [0.717, 1.165) is 5.69 Å². The number of ether oxygens (including phenoxy) is 1. The van der Waals surface area contributed by atoms with Crippen LogP contribution in [0, 0.1) is 0 Å². The summed E-state index contributed by atoms with van der Waals surface area (Å²) in [7, 11) is 0. The third-order valence-corrected chi connectivity index (χ3v) is 3.59. The Morgan fingerprint density at radius 3 is 2.58 bits per heavy atom. The first-order valence-electron chi connectivity index (χ1n) is 6.34. The van der Waals surface area contributed by atoms with Gasteiger partial charge in [-0.2, -0.15) is 0 Å². The van der Waals surface area contributed by atoms with E-state index in [1.54, 1.807) is 18.2 Å². The number of hydrogen-bond donors (Lipinski definition) is 2. The molecule has 1 saturated heterocycles. The van der Waals surface area contributed by atoms with Gasteiger partial charge in [-0.3, -0.25) is 0 Å². The van der Waals surface area contributed by atoms with Crippen molar-refractivity contribution < 1.29 is 14.6 Å². The van der Waals surface area contributed by atoms with Crippen molar-refractivity contribution in [2.24, 2.45) is 0 Å². The van der Waals surface area contributed by atoms with Crippen LogP contribution in [0.1, 0.15) is 26.7 Å². The highest BCUT2D eigenvalue weighted by atomic mass is 35.5. The predicted octanol–water partition coefficient (Wildman–Crippen LogP) is 3.16. The number of carboxylic acid groups (broad SMARTS) is 1. The number of carboxylic acids is 1. The highest BCUT2D eigenvalue weighted by Crippen LogP contribution is 2.33. The molecule has 0 aromatic heterocycles. The van der Waals surface area contributed by atoms with Crippen LogP contribution in [0.25, 0.3) is 0 Å². The zero-order chi connectivity index (χ0) is 14.0. The lowest BCUT2D eigenvalue weighted by Gasteiger charge is -2.40. The molecule has 1 fully saturated rings. The molecule has 0 radical (unpaired) electrons. The topological polar surface area (TPSA) is 58.6 Å². The Bertz CT molecular complexity index is 468. The normalized spacial score (nSPS) is 30.9. The number of nitrogens with one attached hydrogen (secondary N) is 1. The number of halogens is 1. The third kappa shape index (κ3) is 3.19. The van der Waals surface area contributed by atoms with Crippen LogP contribution in [0.4, 0.5) is 5.69 Å². The van der Waals surface area contributed by atoms with E-state index in [2.05, 4.69) is 5.32 Å². The molecular formula is C14H18ClNO3. The first-order chi connectivity index (χ1) is 8.91. The maximum Gasteiger partial charge on any atom is 0.329 e. The maximum atomic E-state index is 11.7. The van der Waals surface area contributed by atoms with E-state index < -0.39 is 11.5 Å². The van der Waals surface area contributed by atoms with Crippen molar-refractivity contribution in [2.75, 3.05) is 5.32 Å². The van der Waals surface area contributed by atoms with Gasteiger partial charge in [0.2, 0.25) is 0 Å². The Kier molecular flexibility index (Phi) is 4.02. The SMILES string of the molecule is CC1CC(Nc2cccc(Cl)c2)(C(=O)O)CC(C)O1. The molecule has 1 aliphatic rings. The molecular weight excluding hydrogens is 266 g/mol. The van der Waals surface area contributed by atoms with E-state index >= 15 is 0 Å². The van der Waals surface area contributed by atoms with E-state index in [0.29, 0.717) is 17.9 Å². The van der Waals surface area contributed by atoms with Gasteiger partial charge in [0.1, 0.15) is 5.54 Å². The Morgan fingerprint density at radius 2 is 2.05 bits per heavy atom. The smallest absolute Gasteiger partial charge is 0.329 e. The van der Waals surface area contributed by atoms with Gasteiger partial charge < -0.3 is 15.2 Å². The number of carbonyl (C=O) groups is 1. The van der Waals surface area contributed by atoms with Crippen molar-refractivity contribution in [3.63, 3.8) is 0 Å². The zero-order valence-corrected chi connectivity index (χ0v) is 11.8. The molecule has 0 bridgehead atoms. The van der Waals surface area contributed by atoms with Gasteiger partial charge in [0.05, 0.1) is 12.2 Å². The van der Waals surface area contributed by atoms with Gasteiger partial charge in [-0.25, -0.2) is 4.79 Å². The average molecular weight is 284 g/mol. The van der Waals surface area contributed by atoms with Gasteiger partial charge >= 0.3 is 5.97 Å². The summed E-state index contributed by atoms with van der Waals surface area (Å²) in [5, 5.41) is 13.3. The fourth-order valence-electron chi connectivity index (χ4n) is 2.73. The highest BCUT2D eigenvalue weighted by Gasteiger charge is 2.45. The van der Waals surface area contributed by atoms with E-state index in [1.165, 1.54) is 0 Å². The van der Waals surface area contributed by atoms with E-state index in [9.17, 15) is 9.90 Å². The molecule has 0 amide bonds. The van der Waals surface area contributed by atoms with Crippen molar-refractivity contribution in [3.8, 4) is 0 Å². The summed E-state index contributed by atoms with van der Waals surface area (Å²) in [4.78, 5) is 11.7. The van der Waals surface area contributed by atoms with E-state index in [4.69, 9.17) is 16.3 Å². The molecule has 2 unspecified atom stereocenters.